The van der Waals surface area contributed by atoms with Crippen molar-refractivity contribution in [2.24, 2.45) is 0 Å². The van der Waals surface area contributed by atoms with Crippen LogP contribution < -0.4 is 15.6 Å². The van der Waals surface area contributed by atoms with Crippen LogP contribution in [0.3, 0.4) is 0 Å². The molecule has 0 saturated heterocycles. The van der Waals surface area contributed by atoms with E-state index < -0.39 is 13.9 Å². The van der Waals surface area contributed by atoms with E-state index in [1.54, 1.807) is 20.8 Å². The van der Waals surface area contributed by atoms with Gasteiger partial charge in [0.25, 0.3) is 8.32 Å². The van der Waals surface area contributed by atoms with Crippen LogP contribution in [0.5, 0.6) is 0 Å². The van der Waals surface area contributed by atoms with Crippen molar-refractivity contribution in [2.75, 3.05) is 0 Å². The molecule has 0 aromatic heterocycles. The summed E-state index contributed by atoms with van der Waals surface area (Å²) in [5.41, 5.74) is -0.500. The molecule has 6 N–H and O–H groups in total. The summed E-state index contributed by atoms with van der Waals surface area (Å²) in [5.74, 6) is 0. The van der Waals surface area contributed by atoms with Crippen molar-refractivity contribution in [3.63, 3.8) is 0 Å². The first-order valence-corrected chi connectivity index (χ1v) is 10.4. The summed E-state index contributed by atoms with van der Waals surface area (Å²) in [6, 6.07) is 30.0. The molecule has 6 heteroatoms. The third-order valence-electron chi connectivity index (χ3n) is 3.57. The zero-order valence-electron chi connectivity index (χ0n) is 16.6. The van der Waals surface area contributed by atoms with Crippen LogP contribution in [0, 0.1) is 0 Å². The van der Waals surface area contributed by atoms with Crippen molar-refractivity contribution in [3.05, 3.63) is 91.0 Å². The molecule has 0 saturated carbocycles. The zero-order chi connectivity index (χ0) is 18.3. The van der Waals surface area contributed by atoms with Crippen LogP contribution >= 0.6 is 0 Å². The normalized spacial score (nSPS) is 10.2. The smallest absolute Gasteiger partial charge is 0.285 e. The molecule has 0 bridgehead atoms. The van der Waals surface area contributed by atoms with Crippen LogP contribution in [0.2, 0.25) is 0 Å². The van der Waals surface area contributed by atoms with Crippen LogP contribution in [-0.2, 0) is 21.7 Å². The number of benzene rings is 3. The summed E-state index contributed by atoms with van der Waals surface area (Å²) < 4.78 is 0. The molecule has 0 aliphatic carbocycles. The van der Waals surface area contributed by atoms with Crippen LogP contribution in [-0.4, -0.2) is 34.8 Å². The molecule has 0 spiro atoms. The molecule has 3 aromatic carbocycles. The first-order chi connectivity index (χ1) is 11.8. The summed E-state index contributed by atoms with van der Waals surface area (Å²) in [5, 5.41) is 11.6. The van der Waals surface area contributed by atoms with Gasteiger partial charge >= 0.3 is 0 Å². The van der Waals surface area contributed by atoms with Crippen molar-refractivity contribution in [2.45, 2.75) is 26.4 Å². The summed E-state index contributed by atoms with van der Waals surface area (Å²) in [7, 11) is -2.88. The van der Waals surface area contributed by atoms with E-state index in [9.17, 15) is 4.80 Å². The van der Waals surface area contributed by atoms with Gasteiger partial charge < -0.3 is 20.9 Å². The molecule has 3 aromatic rings. The maximum Gasteiger partial charge on any atom is 0.285 e. The van der Waals surface area contributed by atoms with Gasteiger partial charge in [0, 0.05) is 21.7 Å². The number of hydrogen-bond donors (Lipinski definition) is 2. The van der Waals surface area contributed by atoms with E-state index in [0.29, 0.717) is 0 Å². The first kappa shape index (κ1) is 28.6. The predicted octanol–water partition coefficient (Wildman–Crippen LogP) is 0.771. The molecule has 0 atom stereocenters. The maximum absolute atomic E-state index is 11.6. The van der Waals surface area contributed by atoms with E-state index in [4.69, 9.17) is 5.11 Å². The summed E-state index contributed by atoms with van der Waals surface area (Å²) in [4.78, 5) is 11.6. The molecule has 0 amide bonds. The number of rotatable bonds is 3. The minimum absolute atomic E-state index is 0. The average Bonchev–Trinajstić information content (AvgIpc) is 2.62. The van der Waals surface area contributed by atoms with E-state index in [0.717, 1.165) is 15.6 Å². The van der Waals surface area contributed by atoms with Gasteiger partial charge in [0.05, 0.1) is 5.60 Å². The maximum atomic E-state index is 11.6. The fraction of sp³-hybridized carbons (Fsp3) is 0.182. The van der Waals surface area contributed by atoms with Crippen LogP contribution in [0.15, 0.2) is 91.0 Å². The van der Waals surface area contributed by atoms with E-state index in [-0.39, 0.29) is 32.7 Å². The number of hydrogen-bond acceptors (Lipinski definition) is 2. The molecule has 28 heavy (non-hydrogen) atoms. The van der Waals surface area contributed by atoms with Gasteiger partial charge in [0.1, 0.15) is 0 Å². The largest absolute Gasteiger partial charge is 0.421 e. The molecule has 0 fully saturated rings. The van der Waals surface area contributed by atoms with Gasteiger partial charge in [-0.2, -0.15) is 0 Å². The third kappa shape index (κ3) is 8.21. The van der Waals surface area contributed by atoms with E-state index in [1.807, 2.05) is 91.0 Å². The Morgan fingerprint density at radius 3 is 0.929 bits per heavy atom. The number of aliphatic hydroxyl groups is 1. The van der Waals surface area contributed by atoms with Crippen molar-refractivity contribution in [3.8, 4) is 0 Å². The van der Waals surface area contributed by atoms with Crippen molar-refractivity contribution in [1.82, 2.24) is 0 Å². The molecule has 150 valence electrons. The molecule has 0 heterocycles. The SMILES string of the molecule is CC(C)(C)O.O.O.O[Si](c1ccccc1)(c1ccccc1)c1ccccc1.[Ti]. The second-order valence-corrected chi connectivity index (χ2v) is 10.1. The third-order valence-corrected chi connectivity index (χ3v) is 7.08. The van der Waals surface area contributed by atoms with Gasteiger partial charge in [-0.3, -0.25) is 0 Å². The van der Waals surface area contributed by atoms with Gasteiger partial charge in [0.15, 0.2) is 0 Å². The van der Waals surface area contributed by atoms with Crippen molar-refractivity contribution < 1.29 is 42.6 Å². The summed E-state index contributed by atoms with van der Waals surface area (Å²) in [6.07, 6.45) is 0. The Kier molecular flexibility index (Phi) is 13.1. The van der Waals surface area contributed by atoms with Gasteiger partial charge in [-0.05, 0) is 36.3 Å². The van der Waals surface area contributed by atoms with E-state index >= 15 is 0 Å². The van der Waals surface area contributed by atoms with E-state index in [1.165, 1.54) is 0 Å². The molecule has 0 unspecified atom stereocenters. The Bertz CT molecular complexity index is 660. The van der Waals surface area contributed by atoms with Gasteiger partial charge in [-0.15, -0.1) is 0 Å². The molecule has 0 aliphatic rings. The quantitative estimate of drug-likeness (QED) is 0.470. The molecule has 3 rings (SSSR count). The first-order valence-electron chi connectivity index (χ1n) is 8.43. The van der Waals surface area contributed by atoms with Crippen molar-refractivity contribution >= 4 is 23.9 Å². The standard InChI is InChI=1S/C18H16OSi.C4H10O.2H2O.Ti/c19-20(16-10-4-1-5-11-16,17-12-6-2-7-13-17)18-14-8-3-9-15-18;1-4(2,3)5;;;/h1-15,19H;5H,1-3H3;2*1H2;. The second kappa shape index (κ2) is 12.8. The van der Waals surface area contributed by atoms with Gasteiger partial charge in [-0.25, -0.2) is 0 Å². The van der Waals surface area contributed by atoms with Gasteiger partial charge in [0.2, 0.25) is 0 Å². The van der Waals surface area contributed by atoms with Crippen molar-refractivity contribution in [1.29, 1.82) is 0 Å². The van der Waals surface area contributed by atoms with Crippen LogP contribution in [0.4, 0.5) is 0 Å². The average molecular weight is 434 g/mol. The fourth-order valence-electron chi connectivity index (χ4n) is 2.54. The minimum atomic E-state index is -2.88. The molecule has 4 nitrogen and oxygen atoms in total. The Morgan fingerprint density at radius 1 is 0.571 bits per heavy atom. The minimum Gasteiger partial charge on any atom is -0.421 e. The Balaban J connectivity index is 0. The summed E-state index contributed by atoms with van der Waals surface area (Å²) in [6.45, 7) is 5.23. The Labute approximate surface area is 183 Å². The Morgan fingerprint density at radius 2 is 0.750 bits per heavy atom. The summed E-state index contributed by atoms with van der Waals surface area (Å²) >= 11 is 0. The van der Waals surface area contributed by atoms with Gasteiger partial charge in [-0.1, -0.05) is 91.0 Å². The molecule has 0 radical (unpaired) electrons. The van der Waals surface area contributed by atoms with E-state index in [2.05, 4.69) is 0 Å². The molecular weight excluding hydrogens is 404 g/mol. The topological polar surface area (TPSA) is 103 Å². The monoisotopic (exact) mass is 434 g/mol. The molecular formula is C22H30O4SiTi. The zero-order valence-corrected chi connectivity index (χ0v) is 19.1. The fourth-order valence-corrected chi connectivity index (χ4v) is 5.56. The van der Waals surface area contributed by atoms with Crippen LogP contribution in [0.25, 0.3) is 0 Å². The Hall–Kier alpha value is -1.57. The predicted molar refractivity (Wildman–Crippen MR) is 115 cm³/mol. The molecule has 0 aliphatic heterocycles. The van der Waals surface area contributed by atoms with Crippen LogP contribution in [0.1, 0.15) is 20.8 Å². The second-order valence-electron chi connectivity index (χ2n) is 6.98.